The smallest absolute Gasteiger partial charge is 0.363 e. The Labute approximate surface area is 58.7 Å². The Morgan fingerprint density at radius 3 is 2.40 bits per heavy atom. The van der Waals surface area contributed by atoms with Crippen molar-refractivity contribution in [2.75, 3.05) is 13.7 Å². The molecule has 1 unspecified atom stereocenters. The van der Waals surface area contributed by atoms with Crippen molar-refractivity contribution < 1.29 is 19.4 Å². The number of rotatable bonds is 4. The Balaban J connectivity index is 4.08. The van der Waals surface area contributed by atoms with Crippen LogP contribution in [0.15, 0.2) is 0 Å². The highest BCUT2D eigenvalue weighted by Gasteiger charge is 2.34. The van der Waals surface area contributed by atoms with Gasteiger partial charge < -0.3 is 20.3 Å². The minimum atomic E-state index is -2.27. The molecule has 10 heavy (non-hydrogen) atoms. The highest BCUT2D eigenvalue weighted by Crippen LogP contribution is 2.05. The molecular weight excluding hydrogens is 138 g/mol. The molecule has 0 aromatic rings. The van der Waals surface area contributed by atoms with Gasteiger partial charge in [-0.2, -0.15) is 0 Å². The van der Waals surface area contributed by atoms with Crippen molar-refractivity contribution >= 4 is 5.91 Å². The van der Waals surface area contributed by atoms with Crippen LogP contribution in [0.1, 0.15) is 6.92 Å². The molecule has 0 saturated heterocycles. The van der Waals surface area contributed by atoms with E-state index in [2.05, 4.69) is 9.47 Å². The van der Waals surface area contributed by atoms with Gasteiger partial charge in [0.25, 0.3) is 0 Å². The zero-order chi connectivity index (χ0) is 8.20. The molecule has 5 heteroatoms. The maximum atomic E-state index is 10.4. The predicted molar refractivity (Wildman–Crippen MR) is 32.8 cm³/mol. The van der Waals surface area contributed by atoms with E-state index in [-0.39, 0.29) is 6.61 Å². The van der Waals surface area contributed by atoms with Crippen molar-refractivity contribution in [1.29, 1.82) is 0 Å². The number of hydrogen-bond donors (Lipinski definition) is 2. The second-order valence-corrected chi connectivity index (χ2v) is 1.58. The number of ether oxygens (including phenoxy) is 2. The van der Waals surface area contributed by atoms with E-state index in [4.69, 9.17) is 10.8 Å². The molecule has 1 atom stereocenters. The summed E-state index contributed by atoms with van der Waals surface area (Å²) in [5, 5.41) is 8.98. The summed E-state index contributed by atoms with van der Waals surface area (Å²) in [6, 6.07) is 0. The molecule has 60 valence electrons. The molecule has 0 saturated carbocycles. The average Bonchev–Trinajstić information content (AvgIpc) is 1.88. The fourth-order valence-electron chi connectivity index (χ4n) is 0.426. The number of primary amides is 1. The molecule has 3 N–H and O–H groups in total. The first-order valence-electron chi connectivity index (χ1n) is 2.78. The van der Waals surface area contributed by atoms with Crippen LogP contribution in [0.4, 0.5) is 0 Å². The normalized spacial score (nSPS) is 16.3. The molecule has 0 spiro atoms. The van der Waals surface area contributed by atoms with Gasteiger partial charge in [0.2, 0.25) is 0 Å². The second-order valence-electron chi connectivity index (χ2n) is 1.58. The molecular formula is C5H11NO4. The van der Waals surface area contributed by atoms with Crippen LogP contribution in [-0.4, -0.2) is 30.7 Å². The first-order chi connectivity index (χ1) is 4.56. The molecule has 0 fully saturated rings. The zero-order valence-corrected chi connectivity index (χ0v) is 5.96. The lowest BCUT2D eigenvalue weighted by atomic mass is 10.5. The molecule has 0 bridgehead atoms. The van der Waals surface area contributed by atoms with E-state index in [0.717, 1.165) is 7.11 Å². The van der Waals surface area contributed by atoms with Gasteiger partial charge in [-0.05, 0) is 6.92 Å². The van der Waals surface area contributed by atoms with Gasteiger partial charge in [-0.1, -0.05) is 0 Å². The van der Waals surface area contributed by atoms with Gasteiger partial charge >= 0.3 is 11.9 Å². The van der Waals surface area contributed by atoms with Crippen LogP contribution >= 0.6 is 0 Å². The molecule has 0 heterocycles. The van der Waals surface area contributed by atoms with E-state index in [1.165, 1.54) is 0 Å². The molecule has 0 rings (SSSR count). The average molecular weight is 149 g/mol. The summed E-state index contributed by atoms with van der Waals surface area (Å²) in [4.78, 5) is 10.4. The van der Waals surface area contributed by atoms with Gasteiger partial charge in [-0.3, -0.25) is 4.79 Å². The number of carbonyl (C=O) groups is 1. The summed E-state index contributed by atoms with van der Waals surface area (Å²) in [6.45, 7) is 1.75. The summed E-state index contributed by atoms with van der Waals surface area (Å²) in [5.41, 5.74) is 4.73. The third-order valence-electron chi connectivity index (χ3n) is 0.928. The SMILES string of the molecule is CCOC(O)(OC)C(N)=O. The summed E-state index contributed by atoms with van der Waals surface area (Å²) in [5.74, 6) is -3.33. The minimum absolute atomic E-state index is 0.146. The van der Waals surface area contributed by atoms with E-state index in [9.17, 15) is 4.79 Å². The highest BCUT2D eigenvalue weighted by atomic mass is 16.8. The lowest BCUT2D eigenvalue weighted by Crippen LogP contribution is -2.47. The lowest BCUT2D eigenvalue weighted by Gasteiger charge is -2.20. The Morgan fingerprint density at radius 1 is 1.80 bits per heavy atom. The topological polar surface area (TPSA) is 81.8 Å². The number of amides is 1. The third kappa shape index (κ3) is 1.94. The van der Waals surface area contributed by atoms with E-state index in [1.807, 2.05) is 0 Å². The van der Waals surface area contributed by atoms with Crippen LogP contribution in [-0.2, 0) is 14.3 Å². The first kappa shape index (κ1) is 9.35. The number of aliphatic hydroxyl groups is 1. The molecule has 0 aromatic heterocycles. The zero-order valence-electron chi connectivity index (χ0n) is 5.96. The van der Waals surface area contributed by atoms with Crippen LogP contribution in [0.5, 0.6) is 0 Å². The van der Waals surface area contributed by atoms with Crippen molar-refractivity contribution in [2.45, 2.75) is 12.9 Å². The highest BCUT2D eigenvalue weighted by molar-refractivity contribution is 5.79. The molecule has 0 aliphatic rings. The van der Waals surface area contributed by atoms with E-state index < -0.39 is 11.9 Å². The number of carbonyl (C=O) groups excluding carboxylic acids is 1. The van der Waals surface area contributed by atoms with Gasteiger partial charge in [0.15, 0.2) is 0 Å². The van der Waals surface area contributed by atoms with Crippen LogP contribution < -0.4 is 5.73 Å². The third-order valence-corrected chi connectivity index (χ3v) is 0.928. The Hall–Kier alpha value is -0.650. The lowest BCUT2D eigenvalue weighted by molar-refractivity contribution is -0.321. The maximum absolute atomic E-state index is 10.4. The number of hydrogen-bond acceptors (Lipinski definition) is 4. The van der Waals surface area contributed by atoms with Crippen molar-refractivity contribution in [1.82, 2.24) is 0 Å². The van der Waals surface area contributed by atoms with Crippen LogP contribution in [0.2, 0.25) is 0 Å². The van der Waals surface area contributed by atoms with E-state index in [1.54, 1.807) is 6.92 Å². The van der Waals surface area contributed by atoms with Gasteiger partial charge in [-0.15, -0.1) is 0 Å². The van der Waals surface area contributed by atoms with Crippen molar-refractivity contribution in [3.63, 3.8) is 0 Å². The minimum Gasteiger partial charge on any atom is -0.363 e. The predicted octanol–water partition coefficient (Wildman–Crippen LogP) is -1.20. The fraction of sp³-hybridized carbons (Fsp3) is 0.800. The number of methoxy groups -OCH3 is 1. The maximum Gasteiger partial charge on any atom is 0.364 e. The molecule has 0 radical (unpaired) electrons. The summed E-state index contributed by atoms with van der Waals surface area (Å²) in [6.07, 6.45) is 0. The fourth-order valence-corrected chi connectivity index (χ4v) is 0.426. The summed E-state index contributed by atoms with van der Waals surface area (Å²) in [7, 11) is 1.13. The van der Waals surface area contributed by atoms with Crippen LogP contribution in [0.25, 0.3) is 0 Å². The molecule has 0 aromatic carbocycles. The summed E-state index contributed by atoms with van der Waals surface area (Å²) < 4.78 is 8.80. The van der Waals surface area contributed by atoms with Gasteiger partial charge in [0.05, 0.1) is 6.61 Å². The van der Waals surface area contributed by atoms with Crippen molar-refractivity contribution in [2.24, 2.45) is 5.73 Å². The molecule has 1 amide bonds. The van der Waals surface area contributed by atoms with Crippen molar-refractivity contribution in [3.8, 4) is 0 Å². The van der Waals surface area contributed by atoms with E-state index >= 15 is 0 Å². The standard InChI is InChI=1S/C5H11NO4/c1-3-10-5(8,9-2)4(6)7/h8H,3H2,1-2H3,(H2,6,7). The quantitative estimate of drug-likeness (QED) is 0.492. The van der Waals surface area contributed by atoms with Gasteiger partial charge in [0.1, 0.15) is 0 Å². The van der Waals surface area contributed by atoms with Crippen LogP contribution in [0, 0.1) is 0 Å². The van der Waals surface area contributed by atoms with Gasteiger partial charge in [-0.25, -0.2) is 0 Å². The van der Waals surface area contributed by atoms with Crippen LogP contribution in [0.3, 0.4) is 0 Å². The molecule has 0 aliphatic heterocycles. The first-order valence-corrected chi connectivity index (χ1v) is 2.78. The largest absolute Gasteiger partial charge is 0.364 e. The van der Waals surface area contributed by atoms with Gasteiger partial charge in [0, 0.05) is 7.11 Å². The Kier molecular flexibility index (Phi) is 3.27. The summed E-state index contributed by atoms with van der Waals surface area (Å²) >= 11 is 0. The second kappa shape index (κ2) is 3.50. The monoisotopic (exact) mass is 149 g/mol. The number of nitrogens with two attached hydrogens (primary N) is 1. The Morgan fingerprint density at radius 2 is 2.30 bits per heavy atom. The van der Waals surface area contributed by atoms with Crippen molar-refractivity contribution in [3.05, 3.63) is 0 Å². The molecule has 5 nitrogen and oxygen atoms in total. The molecule has 0 aliphatic carbocycles. The Bertz CT molecular complexity index is 127. The van der Waals surface area contributed by atoms with E-state index in [0.29, 0.717) is 0 Å².